The molecule has 2 aromatic carbocycles. The summed E-state index contributed by atoms with van der Waals surface area (Å²) in [6.45, 7) is 2.72. The highest BCUT2D eigenvalue weighted by Crippen LogP contribution is 2.48. The number of rotatable bonds is 4. The number of carbonyl (C=O) groups is 1. The first kappa shape index (κ1) is 22.5. The molecule has 0 spiro atoms. The van der Waals surface area contributed by atoms with Crippen molar-refractivity contribution in [1.29, 1.82) is 0 Å². The zero-order valence-electron chi connectivity index (χ0n) is 17.9. The lowest BCUT2D eigenvalue weighted by atomic mass is 10.1. The van der Waals surface area contributed by atoms with Crippen molar-refractivity contribution >= 4 is 34.9 Å². The maximum atomic E-state index is 13.1. The molecule has 3 heterocycles. The molecule has 0 aliphatic carbocycles. The van der Waals surface area contributed by atoms with E-state index < -0.39 is 17.1 Å². The fourth-order valence-corrected chi connectivity index (χ4v) is 5.10. The summed E-state index contributed by atoms with van der Waals surface area (Å²) in [5, 5.41) is 5.71. The number of aromatic nitrogens is 1. The van der Waals surface area contributed by atoms with Crippen molar-refractivity contribution in [3.05, 3.63) is 77.5 Å². The molecule has 1 amide bonds. The van der Waals surface area contributed by atoms with Crippen molar-refractivity contribution in [2.75, 3.05) is 41.8 Å². The predicted octanol–water partition coefficient (Wildman–Crippen LogP) is 5.41. The molecule has 1 saturated heterocycles. The molecule has 10 heteroatoms. The van der Waals surface area contributed by atoms with Crippen molar-refractivity contribution in [3.63, 3.8) is 0 Å². The number of hydrogen-bond donors (Lipinski definition) is 2. The number of fused-ring (bicyclic) bond motifs is 1. The number of ether oxygens (including phenoxy) is 1. The van der Waals surface area contributed by atoms with Crippen molar-refractivity contribution in [2.24, 2.45) is 0 Å². The highest BCUT2D eigenvalue weighted by Gasteiger charge is 2.33. The SMILES string of the molecule is O=C(Nc1ccnc(N2CCOCC2)c1)c1cccc2c1NC(c1cccc(C(F)(F)F)c1)S2. The Morgan fingerprint density at radius 1 is 1.12 bits per heavy atom. The Morgan fingerprint density at radius 2 is 1.91 bits per heavy atom. The van der Waals surface area contributed by atoms with E-state index in [0.29, 0.717) is 35.7 Å². The topological polar surface area (TPSA) is 66.5 Å². The standard InChI is InChI=1S/C24H21F3N4O2S/c25-24(26,27)16-4-1-3-15(13-16)23-30-21-18(5-2-6-19(21)34-23)22(32)29-17-7-8-28-20(14-17)31-9-11-33-12-10-31/h1-8,13-14,23,30H,9-12H2,(H,28,29,32). The molecule has 0 radical (unpaired) electrons. The van der Waals surface area contributed by atoms with Crippen LogP contribution in [0.2, 0.25) is 0 Å². The number of amides is 1. The smallest absolute Gasteiger partial charge is 0.378 e. The summed E-state index contributed by atoms with van der Waals surface area (Å²) >= 11 is 1.38. The Balaban J connectivity index is 1.34. The minimum absolute atomic E-state index is 0.311. The zero-order chi connectivity index (χ0) is 23.7. The number of para-hydroxylation sites is 1. The fourth-order valence-electron chi connectivity index (χ4n) is 3.94. The quantitative estimate of drug-likeness (QED) is 0.515. The van der Waals surface area contributed by atoms with E-state index in [1.165, 1.54) is 17.8 Å². The molecule has 3 aromatic rings. The Hall–Kier alpha value is -3.24. The number of alkyl halides is 3. The molecule has 2 aliphatic heterocycles. The number of halogens is 3. The molecule has 1 fully saturated rings. The van der Waals surface area contributed by atoms with Crippen LogP contribution in [0.25, 0.3) is 0 Å². The summed E-state index contributed by atoms with van der Waals surface area (Å²) in [5.74, 6) is 0.450. The first-order valence-electron chi connectivity index (χ1n) is 10.7. The van der Waals surface area contributed by atoms with Gasteiger partial charge in [-0.2, -0.15) is 13.2 Å². The largest absolute Gasteiger partial charge is 0.416 e. The average molecular weight is 487 g/mol. The lowest BCUT2D eigenvalue weighted by Crippen LogP contribution is -2.36. The maximum Gasteiger partial charge on any atom is 0.416 e. The average Bonchev–Trinajstić information content (AvgIpc) is 3.29. The monoisotopic (exact) mass is 486 g/mol. The van der Waals surface area contributed by atoms with Crippen LogP contribution in [0.5, 0.6) is 0 Å². The molecular formula is C24H21F3N4O2S. The summed E-state index contributed by atoms with van der Waals surface area (Å²) in [6.07, 6.45) is -2.77. The van der Waals surface area contributed by atoms with Gasteiger partial charge in [-0.3, -0.25) is 4.79 Å². The van der Waals surface area contributed by atoms with Crippen LogP contribution in [-0.2, 0) is 10.9 Å². The Morgan fingerprint density at radius 3 is 2.71 bits per heavy atom. The highest BCUT2D eigenvalue weighted by atomic mass is 32.2. The van der Waals surface area contributed by atoms with Gasteiger partial charge in [0.1, 0.15) is 11.2 Å². The van der Waals surface area contributed by atoms with Crippen molar-refractivity contribution in [2.45, 2.75) is 16.4 Å². The zero-order valence-corrected chi connectivity index (χ0v) is 18.7. The molecule has 34 heavy (non-hydrogen) atoms. The third-order valence-electron chi connectivity index (χ3n) is 5.65. The van der Waals surface area contributed by atoms with Gasteiger partial charge in [0.2, 0.25) is 0 Å². The molecule has 0 bridgehead atoms. The van der Waals surface area contributed by atoms with E-state index in [9.17, 15) is 18.0 Å². The van der Waals surface area contributed by atoms with Gasteiger partial charge in [0.25, 0.3) is 5.91 Å². The Kier molecular flexibility index (Phi) is 6.09. The van der Waals surface area contributed by atoms with E-state index in [-0.39, 0.29) is 5.91 Å². The van der Waals surface area contributed by atoms with Crippen LogP contribution in [0.1, 0.15) is 26.9 Å². The summed E-state index contributed by atoms with van der Waals surface area (Å²) in [6, 6.07) is 14.1. The van der Waals surface area contributed by atoms with Crippen molar-refractivity contribution in [3.8, 4) is 0 Å². The fraction of sp³-hybridized carbons (Fsp3) is 0.250. The van der Waals surface area contributed by atoms with Gasteiger partial charge in [0, 0.05) is 35.9 Å². The van der Waals surface area contributed by atoms with Crippen LogP contribution in [0.3, 0.4) is 0 Å². The van der Waals surface area contributed by atoms with E-state index in [1.54, 1.807) is 30.5 Å². The van der Waals surface area contributed by atoms with Gasteiger partial charge in [-0.25, -0.2) is 4.98 Å². The third kappa shape index (κ3) is 4.69. The van der Waals surface area contributed by atoms with Gasteiger partial charge in [-0.1, -0.05) is 30.0 Å². The van der Waals surface area contributed by atoms with Crippen LogP contribution in [-0.4, -0.2) is 37.2 Å². The maximum absolute atomic E-state index is 13.1. The molecule has 2 N–H and O–H groups in total. The predicted molar refractivity (Wildman–Crippen MR) is 125 cm³/mol. The second-order valence-electron chi connectivity index (χ2n) is 7.90. The molecule has 1 aromatic heterocycles. The number of nitrogens with zero attached hydrogens (tertiary/aromatic N) is 2. The summed E-state index contributed by atoms with van der Waals surface area (Å²) < 4.78 is 44.8. The molecule has 0 saturated carbocycles. The van der Waals surface area contributed by atoms with Gasteiger partial charge >= 0.3 is 6.18 Å². The highest BCUT2D eigenvalue weighted by molar-refractivity contribution is 8.00. The number of nitrogens with one attached hydrogen (secondary N) is 2. The van der Waals surface area contributed by atoms with Crippen LogP contribution in [0.15, 0.2) is 65.7 Å². The summed E-state index contributed by atoms with van der Waals surface area (Å²) in [7, 11) is 0. The Bertz CT molecular complexity index is 1210. The minimum Gasteiger partial charge on any atom is -0.378 e. The van der Waals surface area contributed by atoms with Crippen molar-refractivity contribution < 1.29 is 22.7 Å². The second-order valence-corrected chi connectivity index (χ2v) is 9.05. The third-order valence-corrected chi connectivity index (χ3v) is 6.87. The first-order chi connectivity index (χ1) is 16.4. The number of anilines is 3. The van der Waals surface area contributed by atoms with E-state index >= 15 is 0 Å². The van der Waals surface area contributed by atoms with Crippen LogP contribution >= 0.6 is 11.8 Å². The summed E-state index contributed by atoms with van der Waals surface area (Å²) in [5.41, 5.74) is 1.43. The molecular weight excluding hydrogens is 465 g/mol. The first-order valence-corrected chi connectivity index (χ1v) is 11.6. The molecule has 176 valence electrons. The number of morpholine rings is 1. The van der Waals surface area contributed by atoms with Crippen LogP contribution in [0, 0.1) is 0 Å². The number of benzene rings is 2. The number of hydrogen-bond acceptors (Lipinski definition) is 6. The normalized spacial score (nSPS) is 17.7. The van der Waals surface area contributed by atoms with Gasteiger partial charge in [0.05, 0.1) is 30.0 Å². The minimum atomic E-state index is -4.41. The number of thioether (sulfide) groups is 1. The molecule has 5 rings (SSSR count). The van der Waals surface area contributed by atoms with Gasteiger partial charge in [0.15, 0.2) is 0 Å². The molecule has 1 unspecified atom stereocenters. The lowest BCUT2D eigenvalue weighted by Gasteiger charge is -2.28. The van der Waals surface area contributed by atoms with Crippen molar-refractivity contribution in [1.82, 2.24) is 4.98 Å². The molecule has 1 atom stereocenters. The van der Waals surface area contributed by atoms with E-state index in [4.69, 9.17) is 4.74 Å². The van der Waals surface area contributed by atoms with Crippen LogP contribution < -0.4 is 15.5 Å². The van der Waals surface area contributed by atoms with Gasteiger partial charge in [-0.15, -0.1) is 0 Å². The van der Waals surface area contributed by atoms with Gasteiger partial charge < -0.3 is 20.3 Å². The van der Waals surface area contributed by atoms with Crippen LogP contribution in [0.4, 0.5) is 30.4 Å². The number of carbonyl (C=O) groups excluding carboxylic acids is 1. The molecule has 2 aliphatic rings. The second kappa shape index (κ2) is 9.19. The van der Waals surface area contributed by atoms with E-state index in [1.807, 2.05) is 12.1 Å². The Labute approximate surface area is 198 Å². The summed E-state index contributed by atoms with van der Waals surface area (Å²) in [4.78, 5) is 20.4. The number of pyridine rings is 1. The van der Waals surface area contributed by atoms with E-state index in [0.717, 1.165) is 35.9 Å². The van der Waals surface area contributed by atoms with E-state index in [2.05, 4.69) is 20.5 Å². The molecule has 6 nitrogen and oxygen atoms in total. The lowest BCUT2D eigenvalue weighted by molar-refractivity contribution is -0.137. The van der Waals surface area contributed by atoms with Gasteiger partial charge in [-0.05, 0) is 35.9 Å².